The number of carboxylic acid groups (broad SMARTS) is 1. The second-order valence-electron chi connectivity index (χ2n) is 4.70. The lowest BCUT2D eigenvalue weighted by atomic mass is 10.2. The highest BCUT2D eigenvalue weighted by Gasteiger charge is 2.12. The standard InChI is InChI=1S/C15H13N3O2S2.ClH/c1-8-13(22-9(2)16-8)12-7-21-15(18-12)17-11-5-3-4-10(6-11)14(19)20;/h3-7H,1-2H3,(H,17,18)(H,19,20);1H. The Bertz CT molecular complexity index is 845. The van der Waals surface area contributed by atoms with Crippen molar-refractivity contribution in [2.75, 3.05) is 5.32 Å². The van der Waals surface area contributed by atoms with Gasteiger partial charge in [-0.3, -0.25) is 0 Å². The monoisotopic (exact) mass is 367 g/mol. The Morgan fingerprint density at radius 2 is 2.04 bits per heavy atom. The van der Waals surface area contributed by atoms with Crippen molar-refractivity contribution in [1.29, 1.82) is 0 Å². The van der Waals surface area contributed by atoms with Crippen LogP contribution in [-0.2, 0) is 0 Å². The van der Waals surface area contributed by atoms with Crippen molar-refractivity contribution in [3.63, 3.8) is 0 Å². The van der Waals surface area contributed by atoms with Crippen molar-refractivity contribution in [3.05, 3.63) is 45.9 Å². The van der Waals surface area contributed by atoms with Gasteiger partial charge >= 0.3 is 5.97 Å². The van der Waals surface area contributed by atoms with Crippen molar-refractivity contribution in [2.24, 2.45) is 0 Å². The van der Waals surface area contributed by atoms with Crippen molar-refractivity contribution < 1.29 is 9.90 Å². The summed E-state index contributed by atoms with van der Waals surface area (Å²) in [6.45, 7) is 3.95. The number of aromatic carboxylic acids is 1. The SMILES string of the molecule is Cc1nc(C)c(-c2csc(Nc3cccc(C(=O)O)c3)n2)s1.Cl. The van der Waals surface area contributed by atoms with Gasteiger partial charge in [-0.2, -0.15) is 0 Å². The van der Waals surface area contributed by atoms with E-state index in [9.17, 15) is 4.79 Å². The summed E-state index contributed by atoms with van der Waals surface area (Å²) in [6.07, 6.45) is 0. The minimum Gasteiger partial charge on any atom is -0.478 e. The minimum atomic E-state index is -0.945. The third-order valence-electron chi connectivity index (χ3n) is 3.00. The van der Waals surface area contributed by atoms with Crippen molar-refractivity contribution in [2.45, 2.75) is 13.8 Å². The number of benzene rings is 1. The third-order valence-corrected chi connectivity index (χ3v) is 4.85. The summed E-state index contributed by atoms with van der Waals surface area (Å²) in [5, 5.41) is 15.9. The number of aromatic nitrogens is 2. The highest BCUT2D eigenvalue weighted by atomic mass is 35.5. The summed E-state index contributed by atoms with van der Waals surface area (Å²) in [4.78, 5) is 21.0. The number of hydrogen-bond donors (Lipinski definition) is 2. The van der Waals surface area contributed by atoms with Gasteiger partial charge in [0.1, 0.15) is 0 Å². The van der Waals surface area contributed by atoms with Crippen molar-refractivity contribution in [3.8, 4) is 10.6 Å². The maximum absolute atomic E-state index is 11.0. The fraction of sp³-hybridized carbons (Fsp3) is 0.133. The fourth-order valence-corrected chi connectivity index (χ4v) is 3.73. The number of hydrogen-bond acceptors (Lipinski definition) is 6. The Kier molecular flexibility index (Phi) is 5.35. The molecular formula is C15H14ClN3O2S2. The molecule has 0 amide bonds. The summed E-state index contributed by atoms with van der Waals surface area (Å²) < 4.78 is 0. The van der Waals surface area contributed by atoms with Gasteiger partial charge in [0, 0.05) is 11.1 Å². The molecule has 23 heavy (non-hydrogen) atoms. The molecule has 0 spiro atoms. The van der Waals surface area contributed by atoms with Gasteiger partial charge in [0.15, 0.2) is 5.13 Å². The number of carboxylic acids is 1. The lowest BCUT2D eigenvalue weighted by Crippen LogP contribution is -1.97. The molecule has 3 rings (SSSR count). The summed E-state index contributed by atoms with van der Waals surface area (Å²) in [5.74, 6) is -0.945. The first-order chi connectivity index (χ1) is 10.5. The molecule has 120 valence electrons. The first-order valence-corrected chi connectivity index (χ1v) is 8.23. The molecule has 0 bridgehead atoms. The van der Waals surface area contributed by atoms with Crippen LogP contribution in [0.5, 0.6) is 0 Å². The number of anilines is 2. The smallest absolute Gasteiger partial charge is 0.335 e. The van der Waals surface area contributed by atoms with Crippen LogP contribution in [0.3, 0.4) is 0 Å². The molecule has 2 heterocycles. The molecule has 8 heteroatoms. The summed E-state index contributed by atoms with van der Waals surface area (Å²) in [7, 11) is 0. The van der Waals surface area contributed by atoms with Crippen LogP contribution < -0.4 is 5.32 Å². The van der Waals surface area contributed by atoms with Crippen molar-refractivity contribution in [1.82, 2.24) is 9.97 Å². The van der Waals surface area contributed by atoms with Gasteiger partial charge in [-0.15, -0.1) is 35.1 Å². The Morgan fingerprint density at radius 3 is 2.70 bits per heavy atom. The van der Waals surface area contributed by atoms with E-state index in [0.717, 1.165) is 26.4 Å². The Hall–Kier alpha value is -1.96. The zero-order valence-corrected chi connectivity index (χ0v) is 14.8. The molecule has 0 aliphatic rings. The maximum Gasteiger partial charge on any atom is 0.335 e. The van der Waals surface area contributed by atoms with Crippen LogP contribution in [-0.4, -0.2) is 21.0 Å². The van der Waals surface area contributed by atoms with Crippen LogP contribution in [0.2, 0.25) is 0 Å². The van der Waals surface area contributed by atoms with Crippen LogP contribution >= 0.6 is 35.1 Å². The Morgan fingerprint density at radius 1 is 1.26 bits per heavy atom. The topological polar surface area (TPSA) is 75.1 Å². The van der Waals surface area contributed by atoms with E-state index in [1.165, 1.54) is 11.3 Å². The van der Waals surface area contributed by atoms with Crippen molar-refractivity contribution >= 4 is 51.9 Å². The quantitative estimate of drug-likeness (QED) is 0.696. The first-order valence-electron chi connectivity index (χ1n) is 6.53. The van der Waals surface area contributed by atoms with Crippen LogP contribution in [0.25, 0.3) is 10.6 Å². The average Bonchev–Trinajstić information content (AvgIpc) is 3.05. The fourth-order valence-electron chi connectivity index (χ4n) is 2.06. The van der Waals surface area contributed by atoms with E-state index in [1.807, 2.05) is 25.3 Å². The number of carbonyl (C=O) groups is 1. The second kappa shape index (κ2) is 7.08. The molecule has 0 unspecified atom stereocenters. The molecule has 0 aliphatic carbocycles. The van der Waals surface area contributed by atoms with Crippen LogP contribution in [0.4, 0.5) is 10.8 Å². The highest BCUT2D eigenvalue weighted by molar-refractivity contribution is 7.16. The van der Waals surface area contributed by atoms with E-state index < -0.39 is 5.97 Å². The van der Waals surface area contributed by atoms with E-state index in [1.54, 1.807) is 29.5 Å². The number of thiazole rings is 2. The summed E-state index contributed by atoms with van der Waals surface area (Å²) in [6, 6.07) is 6.67. The summed E-state index contributed by atoms with van der Waals surface area (Å²) >= 11 is 3.10. The van der Waals surface area contributed by atoms with Crippen LogP contribution in [0, 0.1) is 13.8 Å². The number of rotatable bonds is 4. The maximum atomic E-state index is 11.0. The van der Waals surface area contributed by atoms with Crippen LogP contribution in [0.1, 0.15) is 21.1 Å². The molecule has 0 atom stereocenters. The molecule has 0 aliphatic heterocycles. The van der Waals surface area contributed by atoms with Gasteiger partial charge in [0.05, 0.1) is 26.8 Å². The molecule has 0 radical (unpaired) electrons. The van der Waals surface area contributed by atoms with E-state index in [-0.39, 0.29) is 18.0 Å². The molecule has 3 aromatic rings. The molecule has 5 nitrogen and oxygen atoms in total. The van der Waals surface area contributed by atoms with Gasteiger partial charge in [-0.1, -0.05) is 6.07 Å². The van der Waals surface area contributed by atoms with Gasteiger partial charge in [0.25, 0.3) is 0 Å². The van der Waals surface area contributed by atoms with E-state index >= 15 is 0 Å². The number of nitrogens with one attached hydrogen (secondary N) is 1. The summed E-state index contributed by atoms with van der Waals surface area (Å²) in [5.41, 5.74) is 2.82. The molecule has 1 aromatic carbocycles. The molecular weight excluding hydrogens is 354 g/mol. The molecule has 0 fully saturated rings. The Balaban J connectivity index is 0.00000192. The van der Waals surface area contributed by atoms with E-state index in [0.29, 0.717) is 5.69 Å². The van der Waals surface area contributed by atoms with Gasteiger partial charge in [0.2, 0.25) is 0 Å². The van der Waals surface area contributed by atoms with E-state index in [2.05, 4.69) is 15.3 Å². The predicted octanol–water partition coefficient (Wildman–Crippen LogP) is 4.75. The highest BCUT2D eigenvalue weighted by Crippen LogP contribution is 2.33. The van der Waals surface area contributed by atoms with Crippen LogP contribution in [0.15, 0.2) is 29.6 Å². The number of nitrogens with zero attached hydrogens (tertiary/aromatic N) is 2. The zero-order chi connectivity index (χ0) is 15.7. The molecule has 2 aromatic heterocycles. The largest absolute Gasteiger partial charge is 0.478 e. The van der Waals surface area contributed by atoms with Gasteiger partial charge in [-0.05, 0) is 32.0 Å². The Labute approximate surface area is 147 Å². The minimum absolute atomic E-state index is 0. The number of halogens is 1. The lowest BCUT2D eigenvalue weighted by molar-refractivity contribution is 0.0697. The molecule has 0 saturated carbocycles. The molecule has 0 saturated heterocycles. The lowest BCUT2D eigenvalue weighted by Gasteiger charge is -2.03. The first kappa shape index (κ1) is 17.4. The number of aryl methyl sites for hydroxylation is 2. The van der Waals surface area contributed by atoms with E-state index in [4.69, 9.17) is 5.11 Å². The third kappa shape index (κ3) is 3.87. The normalized spacial score (nSPS) is 10.2. The molecule has 2 N–H and O–H groups in total. The zero-order valence-electron chi connectivity index (χ0n) is 12.4. The second-order valence-corrected chi connectivity index (χ2v) is 6.76. The van der Waals surface area contributed by atoms with Gasteiger partial charge < -0.3 is 10.4 Å². The van der Waals surface area contributed by atoms with Gasteiger partial charge in [-0.25, -0.2) is 14.8 Å². The predicted molar refractivity (Wildman–Crippen MR) is 96.6 cm³/mol. The average molecular weight is 368 g/mol.